The van der Waals surface area contributed by atoms with E-state index in [0.29, 0.717) is 67.3 Å². The Balaban J connectivity index is 1.00. The van der Waals surface area contributed by atoms with Crippen molar-refractivity contribution in [3.05, 3.63) is 47.0 Å². The number of hydrogen-bond acceptors (Lipinski definition) is 8. The second-order valence-corrected chi connectivity index (χ2v) is 14.4. The normalized spacial score (nSPS) is 20.5. The molecule has 246 valence electrons. The molecule has 45 heavy (non-hydrogen) atoms. The van der Waals surface area contributed by atoms with Crippen molar-refractivity contribution in [1.82, 2.24) is 19.8 Å². The Morgan fingerprint density at radius 3 is 2.44 bits per heavy atom. The molecule has 3 fully saturated rings. The Labute approximate surface area is 268 Å². The van der Waals surface area contributed by atoms with Crippen molar-refractivity contribution in [3.8, 4) is 5.75 Å². The SMILES string of the molecule is O=C(Cc1ccc(OCCCC2CCN(c3ncc(Cl)cn3)CC2)cc1F)N1CCC2(CCN2C(=O)CCCCS(=O)(=O)O)C1. The Hall–Kier alpha value is -3.03. The van der Waals surface area contributed by atoms with E-state index in [4.69, 9.17) is 20.9 Å². The van der Waals surface area contributed by atoms with Crippen molar-refractivity contribution in [2.45, 2.75) is 69.7 Å². The maximum Gasteiger partial charge on any atom is 0.264 e. The number of rotatable bonds is 13. The van der Waals surface area contributed by atoms with Gasteiger partial charge in [-0.05, 0) is 68.9 Å². The van der Waals surface area contributed by atoms with Crippen LogP contribution in [0.25, 0.3) is 0 Å². The average Bonchev–Trinajstić information content (AvgIpc) is 3.47. The van der Waals surface area contributed by atoms with Crippen LogP contribution in [0.15, 0.2) is 30.6 Å². The van der Waals surface area contributed by atoms with Crippen molar-refractivity contribution in [2.24, 2.45) is 5.92 Å². The van der Waals surface area contributed by atoms with Crippen LogP contribution in [0.4, 0.5) is 10.3 Å². The number of likely N-dealkylation sites (tertiary alicyclic amines) is 2. The molecule has 1 aromatic carbocycles. The number of aromatic nitrogens is 2. The van der Waals surface area contributed by atoms with E-state index in [1.54, 1.807) is 34.3 Å². The summed E-state index contributed by atoms with van der Waals surface area (Å²) in [6, 6.07) is 4.65. The van der Waals surface area contributed by atoms with Crippen molar-refractivity contribution in [3.63, 3.8) is 0 Å². The van der Waals surface area contributed by atoms with Gasteiger partial charge in [0.15, 0.2) is 0 Å². The molecule has 0 aliphatic carbocycles. The van der Waals surface area contributed by atoms with Crippen molar-refractivity contribution < 1.29 is 31.7 Å². The highest BCUT2D eigenvalue weighted by Crippen LogP contribution is 2.40. The summed E-state index contributed by atoms with van der Waals surface area (Å²) in [5, 5.41) is 0.525. The lowest BCUT2D eigenvalue weighted by molar-refractivity contribution is -0.148. The van der Waals surface area contributed by atoms with Gasteiger partial charge in [-0.1, -0.05) is 17.7 Å². The van der Waals surface area contributed by atoms with Crippen LogP contribution in [0.1, 0.15) is 63.4 Å². The van der Waals surface area contributed by atoms with E-state index in [9.17, 15) is 22.4 Å². The summed E-state index contributed by atoms with van der Waals surface area (Å²) in [5.41, 5.74) is -0.0844. The highest BCUT2D eigenvalue weighted by atomic mass is 35.5. The predicted octanol–water partition coefficient (Wildman–Crippen LogP) is 4.15. The molecule has 0 saturated carbocycles. The van der Waals surface area contributed by atoms with E-state index in [1.807, 2.05) is 0 Å². The number of carbonyl (C=O) groups excluding carboxylic acids is 2. The third-order valence-electron chi connectivity index (χ3n) is 9.30. The summed E-state index contributed by atoms with van der Waals surface area (Å²) in [4.78, 5) is 40.1. The lowest BCUT2D eigenvalue weighted by Gasteiger charge is -2.50. The van der Waals surface area contributed by atoms with Crippen LogP contribution in [0.2, 0.25) is 5.02 Å². The molecule has 0 bridgehead atoms. The molecule has 3 aliphatic heterocycles. The lowest BCUT2D eigenvalue weighted by atomic mass is 9.83. The number of piperidine rings is 1. The molecular formula is C31H41ClFN5O6S. The van der Waals surface area contributed by atoms with Crippen LogP contribution in [-0.4, -0.2) is 95.2 Å². The Bertz CT molecular complexity index is 1460. The molecule has 11 nitrogen and oxygen atoms in total. The molecule has 4 heterocycles. The minimum absolute atomic E-state index is 0.0640. The topological polar surface area (TPSA) is 133 Å². The Morgan fingerprint density at radius 1 is 1.04 bits per heavy atom. The zero-order valence-corrected chi connectivity index (χ0v) is 26.9. The molecule has 1 atom stereocenters. The Morgan fingerprint density at radius 2 is 1.78 bits per heavy atom. The number of nitrogens with zero attached hydrogens (tertiary/aromatic N) is 5. The fourth-order valence-electron chi connectivity index (χ4n) is 6.61. The van der Waals surface area contributed by atoms with E-state index in [0.717, 1.165) is 45.2 Å². The number of ether oxygens (including phenoxy) is 1. The number of hydrogen-bond donors (Lipinski definition) is 1. The predicted molar refractivity (Wildman–Crippen MR) is 167 cm³/mol. The number of unbranched alkanes of at least 4 members (excludes halogenated alkanes) is 1. The first-order valence-corrected chi connectivity index (χ1v) is 17.7. The fourth-order valence-corrected chi connectivity index (χ4v) is 7.27. The first kappa shape index (κ1) is 33.3. The largest absolute Gasteiger partial charge is 0.493 e. The van der Waals surface area contributed by atoms with Gasteiger partial charge in [-0.15, -0.1) is 0 Å². The minimum atomic E-state index is -4.03. The van der Waals surface area contributed by atoms with Crippen molar-refractivity contribution >= 4 is 39.5 Å². The maximum atomic E-state index is 14.9. The van der Waals surface area contributed by atoms with Crippen LogP contribution in [0, 0.1) is 11.7 Å². The van der Waals surface area contributed by atoms with Gasteiger partial charge in [0.05, 0.1) is 41.7 Å². The molecule has 2 aromatic rings. The average molecular weight is 666 g/mol. The lowest BCUT2D eigenvalue weighted by Crippen LogP contribution is -2.63. The van der Waals surface area contributed by atoms with E-state index in [2.05, 4.69) is 14.9 Å². The smallest absolute Gasteiger partial charge is 0.264 e. The summed E-state index contributed by atoms with van der Waals surface area (Å²) in [6.45, 7) is 3.81. The van der Waals surface area contributed by atoms with Gasteiger partial charge in [0.1, 0.15) is 11.6 Å². The minimum Gasteiger partial charge on any atom is -0.493 e. The van der Waals surface area contributed by atoms with E-state index in [1.165, 1.54) is 6.07 Å². The standard InChI is InChI=1S/C31H41ClFN5O6S/c32-25-20-34-30(35-21-25)36-12-8-23(9-13-36)4-3-16-44-26-7-6-24(27(33)19-26)18-29(40)37-14-10-31(22-37)11-15-38(31)28(39)5-1-2-17-45(41,42)43/h6-7,19-21,23H,1-5,8-18,22H2,(H,41,42,43). The third kappa shape index (κ3) is 8.82. The van der Waals surface area contributed by atoms with Crippen LogP contribution in [-0.2, 0) is 26.1 Å². The number of halogens is 2. The monoisotopic (exact) mass is 665 g/mol. The quantitative estimate of drug-likeness (QED) is 0.247. The van der Waals surface area contributed by atoms with Crippen LogP contribution in [0.3, 0.4) is 0 Å². The maximum absolute atomic E-state index is 14.9. The number of benzene rings is 1. The van der Waals surface area contributed by atoms with Gasteiger partial charge in [0.25, 0.3) is 10.1 Å². The molecule has 1 spiro atoms. The van der Waals surface area contributed by atoms with Gasteiger partial charge in [-0.25, -0.2) is 14.4 Å². The fraction of sp³-hybridized carbons (Fsp3) is 0.613. The molecule has 1 N–H and O–H groups in total. The highest BCUT2D eigenvalue weighted by molar-refractivity contribution is 7.85. The summed E-state index contributed by atoms with van der Waals surface area (Å²) >= 11 is 5.88. The molecule has 5 rings (SSSR count). The summed E-state index contributed by atoms with van der Waals surface area (Å²) in [5.74, 6) is 0.662. The first-order chi connectivity index (χ1) is 21.5. The van der Waals surface area contributed by atoms with E-state index >= 15 is 0 Å². The molecule has 1 aromatic heterocycles. The number of anilines is 1. The zero-order chi connectivity index (χ0) is 32.0. The van der Waals surface area contributed by atoms with Crippen LogP contribution < -0.4 is 9.64 Å². The highest BCUT2D eigenvalue weighted by Gasteiger charge is 2.51. The van der Waals surface area contributed by atoms with Gasteiger partial charge in [0.2, 0.25) is 17.8 Å². The van der Waals surface area contributed by atoms with Gasteiger partial charge >= 0.3 is 0 Å². The second kappa shape index (κ2) is 14.6. The second-order valence-electron chi connectivity index (χ2n) is 12.4. The molecule has 1 unspecified atom stereocenters. The van der Waals surface area contributed by atoms with Crippen molar-refractivity contribution in [2.75, 3.05) is 50.0 Å². The van der Waals surface area contributed by atoms with Crippen LogP contribution in [0.5, 0.6) is 5.75 Å². The molecule has 0 radical (unpaired) electrons. The first-order valence-electron chi connectivity index (χ1n) is 15.7. The third-order valence-corrected chi connectivity index (χ3v) is 10.3. The van der Waals surface area contributed by atoms with E-state index < -0.39 is 21.5 Å². The van der Waals surface area contributed by atoms with Gasteiger partial charge in [-0.3, -0.25) is 14.1 Å². The molecule has 14 heteroatoms. The molecule has 3 saturated heterocycles. The van der Waals surface area contributed by atoms with Gasteiger partial charge in [0, 0.05) is 45.2 Å². The Kier molecular flexibility index (Phi) is 10.8. The van der Waals surface area contributed by atoms with Gasteiger partial charge < -0.3 is 19.4 Å². The van der Waals surface area contributed by atoms with Crippen LogP contribution >= 0.6 is 11.6 Å². The number of amides is 2. The zero-order valence-electron chi connectivity index (χ0n) is 25.4. The van der Waals surface area contributed by atoms with Gasteiger partial charge in [-0.2, -0.15) is 8.42 Å². The molecule has 3 aliphatic rings. The summed E-state index contributed by atoms with van der Waals surface area (Å²) in [6.07, 6.45) is 9.41. The van der Waals surface area contributed by atoms with Crippen molar-refractivity contribution in [1.29, 1.82) is 0 Å². The van der Waals surface area contributed by atoms with E-state index in [-0.39, 0.29) is 36.8 Å². The number of carbonyl (C=O) groups is 2. The molecular weight excluding hydrogens is 625 g/mol. The summed E-state index contributed by atoms with van der Waals surface area (Å²) in [7, 11) is -4.03. The molecule has 2 amide bonds. The summed E-state index contributed by atoms with van der Waals surface area (Å²) < 4.78 is 51.4.